The third-order valence-electron chi connectivity index (χ3n) is 4.64. The van der Waals surface area contributed by atoms with E-state index in [0.29, 0.717) is 30.2 Å². The van der Waals surface area contributed by atoms with Crippen molar-refractivity contribution < 1.29 is 13.2 Å². The zero-order valence-corrected chi connectivity index (χ0v) is 17.7. The van der Waals surface area contributed by atoms with Crippen LogP contribution in [0.2, 0.25) is 0 Å². The summed E-state index contributed by atoms with van der Waals surface area (Å²) >= 11 is 1.36. The monoisotopic (exact) mass is 428 g/mol. The Morgan fingerprint density at radius 3 is 2.62 bits per heavy atom. The minimum Gasteiger partial charge on any atom is -0.302 e. The maximum Gasteiger partial charge on any atom is 0.264 e. The second-order valence-electron chi connectivity index (χ2n) is 6.77. The van der Waals surface area contributed by atoms with Gasteiger partial charge in [0.15, 0.2) is 5.13 Å². The molecule has 1 N–H and O–H groups in total. The van der Waals surface area contributed by atoms with Crippen LogP contribution < -0.4 is 9.62 Å². The van der Waals surface area contributed by atoms with Gasteiger partial charge in [-0.05, 0) is 44.0 Å². The Hall–Kier alpha value is -2.78. The van der Waals surface area contributed by atoms with Crippen molar-refractivity contribution in [1.29, 1.82) is 0 Å². The van der Waals surface area contributed by atoms with Crippen LogP contribution in [0.3, 0.4) is 0 Å². The molecule has 29 heavy (non-hydrogen) atoms. The summed E-state index contributed by atoms with van der Waals surface area (Å²) in [5, 5.41) is 3.22. The molecule has 0 unspecified atom stereocenters. The maximum absolute atomic E-state index is 13.1. The highest BCUT2D eigenvalue weighted by molar-refractivity contribution is 7.92. The molecule has 2 aromatic heterocycles. The first-order chi connectivity index (χ1) is 13.9. The number of fused-ring (bicyclic) bond motifs is 1. The molecule has 4 rings (SSSR count). The van der Waals surface area contributed by atoms with Gasteiger partial charge in [0.05, 0.1) is 32.5 Å². The molecule has 3 aromatic rings. The molecule has 7 nitrogen and oxygen atoms in total. The minimum absolute atomic E-state index is 0.175. The zero-order valence-electron chi connectivity index (χ0n) is 16.0. The molecule has 1 aromatic carbocycles. The van der Waals surface area contributed by atoms with Gasteiger partial charge in [0.25, 0.3) is 10.0 Å². The molecule has 0 radical (unpaired) electrons. The van der Waals surface area contributed by atoms with E-state index < -0.39 is 10.0 Å². The summed E-state index contributed by atoms with van der Waals surface area (Å²) in [7, 11) is -3.63. The number of aryl methyl sites for hydroxylation is 2. The number of rotatable bonds is 4. The average Bonchev–Trinajstić information content (AvgIpc) is 3.07. The summed E-state index contributed by atoms with van der Waals surface area (Å²) in [6, 6.07) is 12.1. The third-order valence-corrected chi connectivity index (χ3v) is 7.56. The summed E-state index contributed by atoms with van der Waals surface area (Å²) in [4.78, 5) is 21.5. The smallest absolute Gasteiger partial charge is 0.264 e. The number of carbonyl (C=O) groups excluding carboxylic acids is 1. The van der Waals surface area contributed by atoms with Crippen LogP contribution in [-0.2, 0) is 21.2 Å². The fourth-order valence-corrected chi connectivity index (χ4v) is 5.88. The number of nitrogens with one attached hydrogen (secondary N) is 1. The van der Waals surface area contributed by atoms with Crippen molar-refractivity contribution in [3.05, 3.63) is 53.9 Å². The number of amides is 1. The van der Waals surface area contributed by atoms with Gasteiger partial charge in [-0.15, -0.1) is 0 Å². The highest BCUT2D eigenvalue weighted by atomic mass is 32.2. The first-order valence-electron chi connectivity index (χ1n) is 9.19. The van der Waals surface area contributed by atoms with Crippen molar-refractivity contribution in [2.45, 2.75) is 31.6 Å². The van der Waals surface area contributed by atoms with Gasteiger partial charge in [-0.2, -0.15) is 0 Å². The fraction of sp³-hybridized carbons (Fsp3) is 0.250. The van der Waals surface area contributed by atoms with E-state index in [4.69, 9.17) is 4.98 Å². The van der Waals surface area contributed by atoms with Crippen LogP contribution in [0.5, 0.6) is 0 Å². The van der Waals surface area contributed by atoms with Gasteiger partial charge >= 0.3 is 0 Å². The van der Waals surface area contributed by atoms with Crippen molar-refractivity contribution in [2.75, 3.05) is 16.2 Å². The summed E-state index contributed by atoms with van der Waals surface area (Å²) in [5.41, 5.74) is 2.88. The van der Waals surface area contributed by atoms with E-state index >= 15 is 0 Å². The van der Waals surface area contributed by atoms with Crippen LogP contribution in [0.4, 0.5) is 10.8 Å². The van der Waals surface area contributed by atoms with Crippen LogP contribution >= 0.6 is 11.3 Å². The molecule has 0 saturated carbocycles. The SMILES string of the molecule is CC(=O)Nc1nc(C)c(-c2ccc3c(n2)CCCN3S(=O)(=O)c2ccccc2)s1. The third kappa shape index (κ3) is 3.75. The second-order valence-corrected chi connectivity index (χ2v) is 9.63. The van der Waals surface area contributed by atoms with Crippen LogP contribution in [-0.4, -0.2) is 30.8 Å². The Labute approximate surface area is 173 Å². The molecule has 0 spiro atoms. The number of hydrogen-bond donors (Lipinski definition) is 1. The van der Waals surface area contributed by atoms with Gasteiger partial charge in [-0.3, -0.25) is 9.10 Å². The van der Waals surface area contributed by atoms with E-state index in [9.17, 15) is 13.2 Å². The number of nitrogens with zero attached hydrogens (tertiary/aromatic N) is 3. The Bertz CT molecular complexity index is 1170. The molecule has 150 valence electrons. The standard InChI is InChI=1S/C20H20N4O3S2/c1-13-19(28-20(21-13)22-14(2)25)17-10-11-18-16(23-17)9-6-12-24(18)29(26,27)15-7-4-3-5-8-15/h3-5,7-8,10-11H,6,9,12H2,1-2H3,(H,21,22,25). The number of benzene rings is 1. The molecule has 0 fully saturated rings. The number of anilines is 2. The lowest BCUT2D eigenvalue weighted by Gasteiger charge is -2.30. The molecule has 0 aliphatic carbocycles. The van der Waals surface area contributed by atoms with Gasteiger partial charge in [0.2, 0.25) is 5.91 Å². The molecule has 0 atom stereocenters. The van der Waals surface area contributed by atoms with Crippen molar-refractivity contribution in [1.82, 2.24) is 9.97 Å². The maximum atomic E-state index is 13.1. The molecule has 3 heterocycles. The van der Waals surface area contributed by atoms with E-state index in [1.807, 2.05) is 19.1 Å². The molecule has 1 aliphatic rings. The first kappa shape index (κ1) is 19.5. The number of pyridine rings is 1. The molecule has 0 saturated heterocycles. The Balaban J connectivity index is 1.71. The van der Waals surface area contributed by atoms with Crippen molar-refractivity contribution >= 4 is 38.1 Å². The summed E-state index contributed by atoms with van der Waals surface area (Å²) < 4.78 is 27.7. The summed E-state index contributed by atoms with van der Waals surface area (Å²) in [6.07, 6.45) is 1.41. The number of thiazole rings is 1. The van der Waals surface area contributed by atoms with E-state index in [1.165, 1.54) is 22.6 Å². The lowest BCUT2D eigenvalue weighted by atomic mass is 10.1. The van der Waals surface area contributed by atoms with Crippen LogP contribution in [0.15, 0.2) is 47.4 Å². The lowest BCUT2D eigenvalue weighted by Crippen LogP contribution is -2.35. The minimum atomic E-state index is -3.63. The Morgan fingerprint density at radius 2 is 1.90 bits per heavy atom. The van der Waals surface area contributed by atoms with Gasteiger partial charge in [0, 0.05) is 13.5 Å². The number of aromatic nitrogens is 2. The normalized spacial score (nSPS) is 13.8. The lowest BCUT2D eigenvalue weighted by molar-refractivity contribution is -0.114. The van der Waals surface area contributed by atoms with E-state index in [0.717, 1.165) is 22.0 Å². The highest BCUT2D eigenvalue weighted by Crippen LogP contribution is 2.36. The summed E-state index contributed by atoms with van der Waals surface area (Å²) in [5.74, 6) is -0.175. The number of hydrogen-bond acceptors (Lipinski definition) is 6. The van der Waals surface area contributed by atoms with Crippen LogP contribution in [0.25, 0.3) is 10.6 Å². The van der Waals surface area contributed by atoms with Crippen molar-refractivity contribution in [2.24, 2.45) is 0 Å². The second kappa shape index (κ2) is 7.57. The molecular weight excluding hydrogens is 408 g/mol. The molecule has 1 aliphatic heterocycles. The van der Waals surface area contributed by atoms with Crippen molar-refractivity contribution in [3.8, 4) is 10.6 Å². The molecule has 0 bridgehead atoms. The van der Waals surface area contributed by atoms with Crippen LogP contribution in [0.1, 0.15) is 24.7 Å². The van der Waals surface area contributed by atoms with Gasteiger partial charge in [-0.25, -0.2) is 18.4 Å². The predicted octanol–water partition coefficient (Wildman–Crippen LogP) is 3.61. The highest BCUT2D eigenvalue weighted by Gasteiger charge is 2.30. The topological polar surface area (TPSA) is 92.3 Å². The molecule has 1 amide bonds. The number of sulfonamides is 1. The summed E-state index contributed by atoms with van der Waals surface area (Å²) in [6.45, 7) is 3.73. The van der Waals surface area contributed by atoms with Gasteiger partial charge in [-0.1, -0.05) is 29.5 Å². The van der Waals surface area contributed by atoms with Gasteiger partial charge in [0.1, 0.15) is 0 Å². The Kier molecular flexibility index (Phi) is 5.10. The quantitative estimate of drug-likeness (QED) is 0.685. The first-order valence-corrected chi connectivity index (χ1v) is 11.4. The number of carbonyl (C=O) groups is 1. The van der Waals surface area contributed by atoms with E-state index in [1.54, 1.807) is 30.3 Å². The molecular formula is C20H20N4O3S2. The zero-order chi connectivity index (χ0) is 20.6. The van der Waals surface area contributed by atoms with Crippen molar-refractivity contribution in [3.63, 3.8) is 0 Å². The van der Waals surface area contributed by atoms with Crippen LogP contribution in [0, 0.1) is 6.92 Å². The van der Waals surface area contributed by atoms with E-state index in [-0.39, 0.29) is 10.8 Å². The largest absolute Gasteiger partial charge is 0.302 e. The Morgan fingerprint density at radius 1 is 1.14 bits per heavy atom. The van der Waals surface area contributed by atoms with Gasteiger partial charge < -0.3 is 5.32 Å². The average molecular weight is 429 g/mol. The van der Waals surface area contributed by atoms with E-state index in [2.05, 4.69) is 10.3 Å². The molecule has 9 heteroatoms. The predicted molar refractivity (Wildman–Crippen MR) is 114 cm³/mol. The fourth-order valence-electron chi connectivity index (χ4n) is 3.35.